The molecule has 0 aliphatic carbocycles. The van der Waals surface area contributed by atoms with Crippen LogP contribution in [-0.2, 0) is 0 Å². The zero-order chi connectivity index (χ0) is 14.6. The second-order valence-corrected chi connectivity index (χ2v) is 5.04. The maximum absolute atomic E-state index is 12.9. The highest BCUT2D eigenvalue weighted by atomic mass is 32.2. The summed E-state index contributed by atoms with van der Waals surface area (Å²) in [6.45, 7) is 0. The van der Waals surface area contributed by atoms with Crippen LogP contribution >= 0.6 is 11.8 Å². The van der Waals surface area contributed by atoms with E-state index in [0.29, 0.717) is 0 Å². The van der Waals surface area contributed by atoms with E-state index in [1.807, 2.05) is 0 Å². The topological polar surface area (TPSA) is 32.3 Å². The number of amides is 2. The van der Waals surface area contributed by atoms with Gasteiger partial charge in [0.25, 0.3) is 0 Å². The normalized spacial score (nSPS) is 11.5. The van der Waals surface area contributed by atoms with Gasteiger partial charge in [-0.25, -0.2) is 13.6 Å². The van der Waals surface area contributed by atoms with Crippen molar-refractivity contribution in [2.75, 3.05) is 19.4 Å². The predicted molar refractivity (Wildman–Crippen MR) is 66.0 cm³/mol. The molecular weight excluding hydrogens is 284 g/mol. The van der Waals surface area contributed by atoms with Crippen LogP contribution in [0.25, 0.3) is 0 Å². The van der Waals surface area contributed by atoms with E-state index in [1.54, 1.807) is 0 Å². The number of carbonyl (C=O) groups is 1. The van der Waals surface area contributed by atoms with E-state index >= 15 is 0 Å². The highest BCUT2D eigenvalue weighted by Gasteiger charge is 2.41. The van der Waals surface area contributed by atoms with Gasteiger partial charge in [-0.05, 0) is 30.0 Å². The third kappa shape index (κ3) is 4.62. The molecule has 0 saturated carbocycles. The fraction of sp³-hybridized carbons (Fsp3) is 0.364. The Morgan fingerprint density at radius 1 is 1.37 bits per heavy atom. The van der Waals surface area contributed by atoms with Gasteiger partial charge in [0.1, 0.15) is 0 Å². The number of benzene rings is 1. The number of hydrogen-bond donors (Lipinski definition) is 1. The number of anilines is 1. The number of nitrogens with one attached hydrogen (secondary N) is 1. The van der Waals surface area contributed by atoms with Crippen LogP contribution in [0.2, 0.25) is 0 Å². The number of alkyl halides is 4. The standard InChI is InChI=1S/C11H12F4N2OS/c1-17(2)10(18)16-7-4-3-5-8(6-7)19-11(14,15)9(12)13/h3-6,9H,1-2H3,(H,16,18). The van der Waals surface area contributed by atoms with Gasteiger partial charge < -0.3 is 10.2 Å². The van der Waals surface area contributed by atoms with Crippen molar-refractivity contribution in [3.8, 4) is 0 Å². The van der Waals surface area contributed by atoms with Crippen molar-refractivity contribution in [3.05, 3.63) is 24.3 Å². The first-order valence-corrected chi connectivity index (χ1v) is 5.97. The van der Waals surface area contributed by atoms with Crippen LogP contribution in [0.15, 0.2) is 29.2 Å². The molecule has 0 atom stereocenters. The summed E-state index contributed by atoms with van der Waals surface area (Å²) in [5, 5.41) is -1.72. The van der Waals surface area contributed by atoms with Crippen molar-refractivity contribution >= 4 is 23.5 Å². The monoisotopic (exact) mass is 296 g/mol. The molecule has 0 saturated heterocycles. The Hall–Kier alpha value is -1.44. The van der Waals surface area contributed by atoms with Crippen LogP contribution in [0.3, 0.4) is 0 Å². The number of carbonyl (C=O) groups excluding carboxylic acids is 1. The summed E-state index contributed by atoms with van der Waals surface area (Å²) in [5.74, 6) is 0. The van der Waals surface area contributed by atoms with Crippen molar-refractivity contribution in [3.63, 3.8) is 0 Å². The molecule has 1 aromatic rings. The highest BCUT2D eigenvalue weighted by molar-refractivity contribution is 8.00. The lowest BCUT2D eigenvalue weighted by Crippen LogP contribution is -2.27. The Balaban J connectivity index is 2.80. The fourth-order valence-corrected chi connectivity index (χ4v) is 1.81. The van der Waals surface area contributed by atoms with E-state index in [1.165, 1.54) is 43.3 Å². The minimum Gasteiger partial charge on any atom is -0.331 e. The van der Waals surface area contributed by atoms with E-state index in [9.17, 15) is 22.4 Å². The number of rotatable bonds is 4. The third-order valence-electron chi connectivity index (χ3n) is 2.00. The maximum atomic E-state index is 12.9. The molecule has 0 fully saturated rings. The lowest BCUT2D eigenvalue weighted by Gasteiger charge is -2.16. The molecule has 0 bridgehead atoms. The van der Waals surface area contributed by atoms with Crippen molar-refractivity contribution in [2.24, 2.45) is 0 Å². The van der Waals surface area contributed by atoms with Crippen LogP contribution in [0.1, 0.15) is 0 Å². The zero-order valence-corrected chi connectivity index (χ0v) is 11.0. The second-order valence-electron chi connectivity index (χ2n) is 3.82. The van der Waals surface area contributed by atoms with Gasteiger partial charge in [-0.3, -0.25) is 0 Å². The Labute approximate surface area is 112 Å². The molecule has 0 radical (unpaired) electrons. The van der Waals surface area contributed by atoms with Gasteiger partial charge >= 0.3 is 17.7 Å². The molecule has 0 heterocycles. The van der Waals surface area contributed by atoms with Crippen LogP contribution in [0.4, 0.5) is 28.0 Å². The molecule has 2 amide bonds. The summed E-state index contributed by atoms with van der Waals surface area (Å²) in [6, 6.07) is 4.92. The molecule has 8 heteroatoms. The van der Waals surface area contributed by atoms with Crippen LogP contribution in [0, 0.1) is 0 Å². The van der Waals surface area contributed by atoms with Crippen molar-refractivity contribution in [1.29, 1.82) is 0 Å². The number of urea groups is 1. The van der Waals surface area contributed by atoms with E-state index < -0.39 is 17.7 Å². The summed E-state index contributed by atoms with van der Waals surface area (Å²) >= 11 is -0.245. The van der Waals surface area contributed by atoms with E-state index in [-0.39, 0.29) is 22.3 Å². The molecule has 0 unspecified atom stereocenters. The molecule has 0 aliphatic rings. The Kier molecular flexibility index (Phi) is 5.04. The molecule has 1 N–H and O–H groups in total. The van der Waals surface area contributed by atoms with Crippen molar-refractivity contribution in [2.45, 2.75) is 16.6 Å². The fourth-order valence-electron chi connectivity index (χ4n) is 1.07. The first-order chi connectivity index (χ1) is 8.72. The van der Waals surface area contributed by atoms with Gasteiger partial charge in [0.05, 0.1) is 0 Å². The smallest absolute Gasteiger partial charge is 0.331 e. The minimum atomic E-state index is -4.16. The first-order valence-electron chi connectivity index (χ1n) is 5.15. The predicted octanol–water partition coefficient (Wildman–Crippen LogP) is 3.73. The summed E-state index contributed by atoms with van der Waals surface area (Å²) in [5.41, 5.74) is 0.258. The third-order valence-corrected chi connectivity index (χ3v) is 2.94. The molecule has 1 aromatic carbocycles. The van der Waals surface area contributed by atoms with Crippen LogP contribution in [-0.4, -0.2) is 36.7 Å². The molecule has 106 valence electrons. The summed E-state index contributed by atoms with van der Waals surface area (Å²) in [6.07, 6.45) is -3.75. The number of hydrogen-bond acceptors (Lipinski definition) is 2. The van der Waals surface area contributed by atoms with Gasteiger partial charge in [-0.15, -0.1) is 0 Å². The van der Waals surface area contributed by atoms with Gasteiger partial charge in [0.15, 0.2) is 0 Å². The summed E-state index contributed by atoms with van der Waals surface area (Å²) < 4.78 is 49.9. The second kappa shape index (κ2) is 6.14. The van der Waals surface area contributed by atoms with Crippen molar-refractivity contribution in [1.82, 2.24) is 4.90 Å². The highest BCUT2D eigenvalue weighted by Crippen LogP contribution is 2.40. The Morgan fingerprint density at radius 2 is 2.00 bits per heavy atom. The minimum absolute atomic E-state index is 0.0538. The number of thioether (sulfide) groups is 1. The quantitative estimate of drug-likeness (QED) is 0.678. The van der Waals surface area contributed by atoms with E-state index in [4.69, 9.17) is 0 Å². The summed E-state index contributed by atoms with van der Waals surface area (Å²) in [7, 11) is 3.03. The Morgan fingerprint density at radius 3 is 2.53 bits per heavy atom. The average Bonchev–Trinajstić information content (AvgIpc) is 2.28. The molecule has 0 aromatic heterocycles. The lowest BCUT2D eigenvalue weighted by atomic mass is 10.3. The SMILES string of the molecule is CN(C)C(=O)Nc1cccc(SC(F)(F)C(F)F)c1. The van der Waals surface area contributed by atoms with Crippen LogP contribution < -0.4 is 5.32 Å². The Bertz CT molecular complexity index is 454. The molecular formula is C11H12F4N2OS. The van der Waals surface area contributed by atoms with Gasteiger partial charge in [0, 0.05) is 24.7 Å². The molecule has 0 aliphatic heterocycles. The molecule has 1 rings (SSSR count). The van der Waals surface area contributed by atoms with Gasteiger partial charge in [-0.2, -0.15) is 8.78 Å². The van der Waals surface area contributed by atoms with Crippen molar-refractivity contribution < 1.29 is 22.4 Å². The van der Waals surface area contributed by atoms with E-state index in [2.05, 4.69) is 5.32 Å². The largest absolute Gasteiger partial charge is 0.357 e. The first kappa shape index (κ1) is 15.6. The lowest BCUT2D eigenvalue weighted by molar-refractivity contribution is -0.0563. The molecule has 3 nitrogen and oxygen atoms in total. The number of halogens is 4. The molecule has 0 spiro atoms. The van der Waals surface area contributed by atoms with Gasteiger partial charge in [0.2, 0.25) is 0 Å². The number of nitrogens with zero attached hydrogens (tertiary/aromatic N) is 1. The summed E-state index contributed by atoms with van der Waals surface area (Å²) in [4.78, 5) is 12.6. The van der Waals surface area contributed by atoms with E-state index in [0.717, 1.165) is 0 Å². The maximum Gasteiger partial charge on any atom is 0.357 e. The van der Waals surface area contributed by atoms with Crippen LogP contribution in [0.5, 0.6) is 0 Å². The zero-order valence-electron chi connectivity index (χ0n) is 10.2. The molecule has 19 heavy (non-hydrogen) atoms. The van der Waals surface area contributed by atoms with Gasteiger partial charge in [-0.1, -0.05) is 6.07 Å². The average molecular weight is 296 g/mol.